The van der Waals surface area contributed by atoms with Crippen LogP contribution >= 0.6 is 0 Å². The minimum absolute atomic E-state index is 0.0893. The molecule has 4 nitrogen and oxygen atoms in total. The number of anilines is 1. The molecule has 1 unspecified atom stereocenters. The van der Waals surface area contributed by atoms with Crippen LogP contribution in [-0.4, -0.2) is 9.97 Å². The molecule has 0 bridgehead atoms. The summed E-state index contributed by atoms with van der Waals surface area (Å²) in [5, 5.41) is 3.24. The molecular formula is C12H15N3O. The molecule has 2 heterocycles. The summed E-state index contributed by atoms with van der Waals surface area (Å²) in [6.07, 6.45) is 3.40. The van der Waals surface area contributed by atoms with Crippen LogP contribution in [0.1, 0.15) is 30.1 Å². The molecule has 1 atom stereocenters. The van der Waals surface area contributed by atoms with Gasteiger partial charge in [0.25, 0.3) is 0 Å². The van der Waals surface area contributed by atoms with Crippen LogP contribution in [0.4, 0.5) is 5.82 Å². The Balaban J connectivity index is 2.12. The van der Waals surface area contributed by atoms with Crippen molar-refractivity contribution in [1.82, 2.24) is 9.97 Å². The second kappa shape index (κ2) is 4.35. The highest BCUT2D eigenvalue weighted by atomic mass is 16.3. The van der Waals surface area contributed by atoms with Gasteiger partial charge in [-0.05, 0) is 32.9 Å². The van der Waals surface area contributed by atoms with Gasteiger partial charge in [-0.1, -0.05) is 0 Å². The maximum Gasteiger partial charge on any atom is 0.145 e. The van der Waals surface area contributed by atoms with Crippen LogP contribution in [0.3, 0.4) is 0 Å². The Bertz CT molecular complexity index is 465. The average molecular weight is 217 g/mol. The van der Waals surface area contributed by atoms with E-state index in [-0.39, 0.29) is 6.04 Å². The molecule has 0 saturated carbocycles. The normalized spacial score (nSPS) is 12.4. The van der Waals surface area contributed by atoms with Crippen molar-refractivity contribution in [3.8, 4) is 0 Å². The zero-order valence-corrected chi connectivity index (χ0v) is 9.69. The van der Waals surface area contributed by atoms with E-state index in [1.165, 1.54) is 0 Å². The third kappa shape index (κ3) is 2.21. The van der Waals surface area contributed by atoms with Crippen LogP contribution in [0.25, 0.3) is 0 Å². The van der Waals surface area contributed by atoms with Crippen molar-refractivity contribution < 1.29 is 4.42 Å². The van der Waals surface area contributed by atoms with E-state index in [4.69, 9.17) is 4.42 Å². The smallest absolute Gasteiger partial charge is 0.145 e. The van der Waals surface area contributed by atoms with Crippen LogP contribution in [0, 0.1) is 13.8 Å². The van der Waals surface area contributed by atoms with Gasteiger partial charge in [-0.15, -0.1) is 0 Å². The Hall–Kier alpha value is -1.84. The molecule has 0 spiro atoms. The monoisotopic (exact) mass is 217 g/mol. The zero-order valence-electron chi connectivity index (χ0n) is 9.69. The van der Waals surface area contributed by atoms with Gasteiger partial charge < -0.3 is 9.73 Å². The number of aromatic nitrogens is 2. The second-order valence-corrected chi connectivity index (χ2v) is 3.81. The van der Waals surface area contributed by atoms with E-state index in [9.17, 15) is 0 Å². The molecule has 0 aliphatic carbocycles. The molecule has 2 aromatic rings. The molecule has 2 aromatic heterocycles. The Morgan fingerprint density at radius 2 is 2.12 bits per heavy atom. The van der Waals surface area contributed by atoms with Gasteiger partial charge in [-0.2, -0.15) is 0 Å². The predicted octanol–water partition coefficient (Wildman–Crippen LogP) is 2.86. The first-order valence-electron chi connectivity index (χ1n) is 5.27. The fourth-order valence-electron chi connectivity index (χ4n) is 1.44. The summed E-state index contributed by atoms with van der Waals surface area (Å²) in [5.41, 5.74) is 1.90. The lowest BCUT2D eigenvalue weighted by Crippen LogP contribution is -2.08. The molecule has 84 valence electrons. The topological polar surface area (TPSA) is 51.0 Å². The number of furan rings is 1. The molecule has 4 heteroatoms. The molecule has 0 radical (unpaired) electrons. The summed E-state index contributed by atoms with van der Waals surface area (Å²) >= 11 is 0. The highest BCUT2D eigenvalue weighted by Crippen LogP contribution is 2.17. The summed E-state index contributed by atoms with van der Waals surface area (Å²) in [4.78, 5) is 8.66. The molecule has 0 fully saturated rings. The fraction of sp³-hybridized carbons (Fsp3) is 0.333. The van der Waals surface area contributed by atoms with Crippen LogP contribution < -0.4 is 5.32 Å². The summed E-state index contributed by atoms with van der Waals surface area (Å²) < 4.78 is 5.31. The van der Waals surface area contributed by atoms with Crippen molar-refractivity contribution in [2.24, 2.45) is 0 Å². The van der Waals surface area contributed by atoms with E-state index < -0.39 is 0 Å². The number of aryl methyl sites for hydroxylation is 2. The Labute approximate surface area is 94.7 Å². The van der Waals surface area contributed by atoms with Gasteiger partial charge >= 0.3 is 0 Å². The molecular weight excluding hydrogens is 202 g/mol. The Morgan fingerprint density at radius 1 is 1.31 bits per heavy atom. The van der Waals surface area contributed by atoms with E-state index >= 15 is 0 Å². The first-order chi connectivity index (χ1) is 7.66. The molecule has 0 amide bonds. The quantitative estimate of drug-likeness (QED) is 0.858. The highest BCUT2D eigenvalue weighted by molar-refractivity contribution is 5.35. The lowest BCUT2D eigenvalue weighted by molar-refractivity contribution is 0.490. The minimum atomic E-state index is 0.0893. The zero-order chi connectivity index (χ0) is 11.5. The van der Waals surface area contributed by atoms with Crippen LogP contribution in [0.2, 0.25) is 0 Å². The highest BCUT2D eigenvalue weighted by Gasteiger charge is 2.09. The number of nitrogens with zero attached hydrogens (tertiary/aromatic N) is 2. The number of rotatable bonds is 3. The molecule has 0 aliphatic heterocycles. The van der Waals surface area contributed by atoms with Crippen LogP contribution in [-0.2, 0) is 0 Å². The number of hydrogen-bond donors (Lipinski definition) is 1. The van der Waals surface area contributed by atoms with Gasteiger partial charge in [0, 0.05) is 0 Å². The summed E-state index contributed by atoms with van der Waals surface area (Å²) in [6, 6.07) is 3.90. The van der Waals surface area contributed by atoms with Crippen molar-refractivity contribution in [3.05, 3.63) is 41.7 Å². The Kier molecular flexibility index (Phi) is 2.90. The van der Waals surface area contributed by atoms with Crippen LogP contribution in [0.15, 0.2) is 29.0 Å². The summed E-state index contributed by atoms with van der Waals surface area (Å²) in [6.45, 7) is 5.92. The predicted molar refractivity (Wildman–Crippen MR) is 62.3 cm³/mol. The molecule has 16 heavy (non-hydrogen) atoms. The number of hydrogen-bond acceptors (Lipinski definition) is 4. The molecule has 2 rings (SSSR count). The third-order valence-electron chi connectivity index (χ3n) is 2.53. The third-order valence-corrected chi connectivity index (χ3v) is 2.53. The van der Waals surface area contributed by atoms with E-state index in [0.29, 0.717) is 0 Å². The lowest BCUT2D eigenvalue weighted by atomic mass is 10.2. The fourth-order valence-corrected chi connectivity index (χ4v) is 1.44. The van der Waals surface area contributed by atoms with Crippen molar-refractivity contribution in [2.75, 3.05) is 5.32 Å². The SMILES string of the molecule is Cc1ncc(NC(C)c2ccco2)nc1C. The second-order valence-electron chi connectivity index (χ2n) is 3.81. The molecule has 0 saturated heterocycles. The maximum absolute atomic E-state index is 5.31. The van der Waals surface area contributed by atoms with Gasteiger partial charge in [0.15, 0.2) is 0 Å². The van der Waals surface area contributed by atoms with E-state index in [0.717, 1.165) is 23.0 Å². The number of nitrogens with one attached hydrogen (secondary N) is 1. The van der Waals surface area contributed by atoms with Crippen molar-refractivity contribution in [1.29, 1.82) is 0 Å². The molecule has 1 N–H and O–H groups in total. The van der Waals surface area contributed by atoms with E-state index in [1.807, 2.05) is 32.9 Å². The summed E-state index contributed by atoms with van der Waals surface area (Å²) in [7, 11) is 0. The first kappa shape index (κ1) is 10.7. The van der Waals surface area contributed by atoms with Gasteiger partial charge in [0.2, 0.25) is 0 Å². The molecule has 0 aromatic carbocycles. The lowest BCUT2D eigenvalue weighted by Gasteiger charge is -2.12. The van der Waals surface area contributed by atoms with Gasteiger partial charge in [-0.3, -0.25) is 4.98 Å². The van der Waals surface area contributed by atoms with Crippen molar-refractivity contribution in [2.45, 2.75) is 26.8 Å². The Morgan fingerprint density at radius 3 is 2.75 bits per heavy atom. The van der Waals surface area contributed by atoms with Gasteiger partial charge in [0.1, 0.15) is 11.6 Å². The van der Waals surface area contributed by atoms with Crippen LogP contribution in [0.5, 0.6) is 0 Å². The van der Waals surface area contributed by atoms with Gasteiger partial charge in [-0.25, -0.2) is 4.98 Å². The van der Waals surface area contributed by atoms with Gasteiger partial charge in [0.05, 0.1) is 29.9 Å². The van der Waals surface area contributed by atoms with E-state index in [2.05, 4.69) is 15.3 Å². The van der Waals surface area contributed by atoms with Crippen molar-refractivity contribution in [3.63, 3.8) is 0 Å². The minimum Gasteiger partial charge on any atom is -0.467 e. The maximum atomic E-state index is 5.31. The van der Waals surface area contributed by atoms with E-state index in [1.54, 1.807) is 12.5 Å². The van der Waals surface area contributed by atoms with Crippen molar-refractivity contribution >= 4 is 5.82 Å². The largest absolute Gasteiger partial charge is 0.467 e. The standard InChI is InChI=1S/C12H15N3O/c1-8-9(2)14-12(7-13-8)15-10(3)11-5-4-6-16-11/h4-7,10H,1-3H3,(H,14,15). The summed E-state index contributed by atoms with van der Waals surface area (Å²) in [5.74, 6) is 1.66. The first-order valence-corrected chi connectivity index (χ1v) is 5.27. The average Bonchev–Trinajstić information content (AvgIpc) is 2.77. The molecule has 0 aliphatic rings.